The van der Waals surface area contributed by atoms with Crippen molar-refractivity contribution in [3.8, 4) is 11.4 Å². The van der Waals surface area contributed by atoms with Gasteiger partial charge in [-0.25, -0.2) is 4.98 Å². The summed E-state index contributed by atoms with van der Waals surface area (Å²) in [6.07, 6.45) is 0. The number of hydrogen-bond acceptors (Lipinski definition) is 2. The van der Waals surface area contributed by atoms with Gasteiger partial charge in [-0.2, -0.15) is 0 Å². The molecule has 3 rings (SSSR count). The maximum atomic E-state index is 11.3. The molecule has 0 atom stereocenters. The first-order valence-corrected chi connectivity index (χ1v) is 5.87. The largest absolute Gasteiger partial charge is 0.321 e. The first kappa shape index (κ1) is 11.0. The molecule has 1 N–H and O–H groups in total. The summed E-state index contributed by atoms with van der Waals surface area (Å²) in [5.41, 5.74) is 1.98. The third kappa shape index (κ3) is 1.89. The zero-order valence-electron chi connectivity index (χ0n) is 9.35. The van der Waals surface area contributed by atoms with Crippen LogP contribution in [0.2, 0.25) is 5.02 Å². The van der Waals surface area contributed by atoms with Gasteiger partial charge in [0.25, 0.3) is 0 Å². The van der Waals surface area contributed by atoms with Gasteiger partial charge in [0.1, 0.15) is 0 Å². The fraction of sp³-hybridized carbons (Fsp3) is 0. The number of hydrogen-bond donors (Lipinski definition) is 1. The van der Waals surface area contributed by atoms with E-state index >= 15 is 0 Å². The molecule has 0 saturated heterocycles. The number of fused-ring (bicyclic) bond motifs is 1. The molecule has 3 aromatic rings. The molecule has 0 radical (unpaired) electrons. The molecule has 0 unspecified atom stereocenters. The number of benzene rings is 1. The van der Waals surface area contributed by atoms with Crippen LogP contribution in [0, 0.1) is 0 Å². The van der Waals surface area contributed by atoms with E-state index in [1.807, 2.05) is 24.3 Å². The minimum Gasteiger partial charge on any atom is -0.321 e. The molecule has 0 aliphatic rings. The Bertz CT molecular complexity index is 780. The monoisotopic (exact) mass is 256 g/mol. The number of rotatable bonds is 1. The first-order valence-electron chi connectivity index (χ1n) is 5.49. The van der Waals surface area contributed by atoms with Gasteiger partial charge in [-0.1, -0.05) is 35.9 Å². The average Bonchev–Trinajstić information content (AvgIpc) is 2.39. The highest BCUT2D eigenvalue weighted by atomic mass is 35.5. The van der Waals surface area contributed by atoms with Crippen molar-refractivity contribution in [3.63, 3.8) is 0 Å². The maximum Gasteiger partial charge on any atom is 0.248 e. The van der Waals surface area contributed by atoms with Crippen molar-refractivity contribution >= 4 is 22.5 Å². The topological polar surface area (TPSA) is 45.8 Å². The molecule has 0 aliphatic heterocycles. The normalized spacial score (nSPS) is 10.7. The number of aromatic nitrogens is 2. The number of H-pyrrole nitrogens is 1. The SMILES string of the molecule is O=c1cccc(-c2cc(Cl)c3ccccc3n2)[nH]1. The van der Waals surface area contributed by atoms with Crippen molar-refractivity contribution in [2.24, 2.45) is 0 Å². The predicted molar refractivity (Wildman–Crippen MR) is 72.8 cm³/mol. The van der Waals surface area contributed by atoms with Gasteiger partial charge < -0.3 is 4.98 Å². The summed E-state index contributed by atoms with van der Waals surface area (Å²) >= 11 is 6.22. The molecule has 2 heterocycles. The van der Waals surface area contributed by atoms with Crippen molar-refractivity contribution in [2.75, 3.05) is 0 Å². The van der Waals surface area contributed by atoms with Crippen molar-refractivity contribution in [2.45, 2.75) is 0 Å². The summed E-state index contributed by atoms with van der Waals surface area (Å²) in [6, 6.07) is 14.4. The van der Waals surface area contributed by atoms with Crippen LogP contribution < -0.4 is 5.56 Å². The van der Waals surface area contributed by atoms with Gasteiger partial charge in [-0.3, -0.25) is 4.79 Å². The van der Waals surface area contributed by atoms with E-state index in [1.165, 1.54) is 6.07 Å². The van der Waals surface area contributed by atoms with Gasteiger partial charge in [-0.15, -0.1) is 0 Å². The van der Waals surface area contributed by atoms with Crippen LogP contribution in [-0.4, -0.2) is 9.97 Å². The molecule has 0 amide bonds. The van der Waals surface area contributed by atoms with Crippen molar-refractivity contribution < 1.29 is 0 Å². The van der Waals surface area contributed by atoms with Gasteiger partial charge in [0.05, 0.1) is 21.9 Å². The molecule has 18 heavy (non-hydrogen) atoms. The van der Waals surface area contributed by atoms with Crippen LogP contribution in [0.4, 0.5) is 0 Å². The van der Waals surface area contributed by atoms with Crippen LogP contribution in [0.25, 0.3) is 22.3 Å². The molecule has 0 bridgehead atoms. The quantitative estimate of drug-likeness (QED) is 0.726. The zero-order valence-corrected chi connectivity index (χ0v) is 10.1. The molecular formula is C14H9ClN2O. The van der Waals surface area contributed by atoms with Crippen molar-refractivity contribution in [3.05, 3.63) is 63.9 Å². The number of para-hydroxylation sites is 1. The highest BCUT2D eigenvalue weighted by Gasteiger charge is 2.06. The minimum atomic E-state index is -0.154. The third-order valence-corrected chi connectivity index (χ3v) is 3.02. The Morgan fingerprint density at radius 1 is 1.06 bits per heavy atom. The predicted octanol–water partition coefficient (Wildman–Crippen LogP) is 3.24. The smallest absolute Gasteiger partial charge is 0.248 e. The molecule has 0 aliphatic carbocycles. The van der Waals surface area contributed by atoms with E-state index in [4.69, 9.17) is 11.6 Å². The van der Waals surface area contributed by atoms with Gasteiger partial charge in [0.15, 0.2) is 0 Å². The number of nitrogens with one attached hydrogen (secondary N) is 1. The Hall–Kier alpha value is -2.13. The zero-order chi connectivity index (χ0) is 12.5. The van der Waals surface area contributed by atoms with E-state index in [-0.39, 0.29) is 5.56 Å². The van der Waals surface area contributed by atoms with Crippen LogP contribution >= 0.6 is 11.6 Å². The van der Waals surface area contributed by atoms with E-state index in [0.717, 1.165) is 10.9 Å². The Labute approximate surface area is 108 Å². The Kier molecular flexibility index (Phi) is 2.61. The molecular weight excluding hydrogens is 248 g/mol. The van der Waals surface area contributed by atoms with E-state index in [0.29, 0.717) is 16.4 Å². The summed E-state index contributed by atoms with van der Waals surface area (Å²) in [4.78, 5) is 18.5. The maximum absolute atomic E-state index is 11.3. The molecule has 0 fully saturated rings. The third-order valence-electron chi connectivity index (χ3n) is 2.71. The van der Waals surface area contributed by atoms with E-state index < -0.39 is 0 Å². The van der Waals surface area contributed by atoms with Crippen LogP contribution in [0.1, 0.15) is 0 Å². The average molecular weight is 257 g/mol. The van der Waals surface area contributed by atoms with Crippen molar-refractivity contribution in [1.82, 2.24) is 9.97 Å². The van der Waals surface area contributed by atoms with E-state index in [2.05, 4.69) is 9.97 Å². The molecule has 3 nitrogen and oxygen atoms in total. The van der Waals surface area contributed by atoms with Crippen LogP contribution in [-0.2, 0) is 0 Å². The number of halogens is 1. The van der Waals surface area contributed by atoms with Crippen LogP contribution in [0.15, 0.2) is 53.3 Å². The fourth-order valence-corrected chi connectivity index (χ4v) is 2.13. The molecule has 1 aromatic carbocycles. The second-order valence-electron chi connectivity index (χ2n) is 3.94. The molecule has 0 saturated carbocycles. The lowest BCUT2D eigenvalue weighted by Gasteiger charge is -2.05. The summed E-state index contributed by atoms with van der Waals surface area (Å²) in [5, 5.41) is 1.53. The molecule has 88 valence electrons. The first-order chi connectivity index (χ1) is 8.74. The van der Waals surface area contributed by atoms with Crippen molar-refractivity contribution in [1.29, 1.82) is 0 Å². The van der Waals surface area contributed by atoms with E-state index in [1.54, 1.807) is 18.2 Å². The second kappa shape index (κ2) is 4.27. The summed E-state index contributed by atoms with van der Waals surface area (Å²) in [7, 11) is 0. The lowest BCUT2D eigenvalue weighted by atomic mass is 10.1. The lowest BCUT2D eigenvalue weighted by Crippen LogP contribution is -2.04. The second-order valence-corrected chi connectivity index (χ2v) is 4.34. The highest BCUT2D eigenvalue weighted by molar-refractivity contribution is 6.35. The standard InChI is InChI=1S/C14H9ClN2O/c15-10-8-13(12-6-3-7-14(18)17-12)16-11-5-2-1-4-9(10)11/h1-8H,(H,17,18). The summed E-state index contributed by atoms with van der Waals surface area (Å²) in [6.45, 7) is 0. The fourth-order valence-electron chi connectivity index (χ4n) is 1.87. The van der Waals surface area contributed by atoms with Gasteiger partial charge >= 0.3 is 0 Å². The minimum absolute atomic E-state index is 0.154. The van der Waals surface area contributed by atoms with Crippen LogP contribution in [0.5, 0.6) is 0 Å². The summed E-state index contributed by atoms with van der Waals surface area (Å²) in [5.74, 6) is 0. The highest BCUT2D eigenvalue weighted by Crippen LogP contribution is 2.26. The van der Waals surface area contributed by atoms with E-state index in [9.17, 15) is 4.79 Å². The molecule has 2 aromatic heterocycles. The number of nitrogens with zero attached hydrogens (tertiary/aromatic N) is 1. The van der Waals surface area contributed by atoms with Gasteiger partial charge in [-0.05, 0) is 18.2 Å². The number of pyridine rings is 2. The van der Waals surface area contributed by atoms with Gasteiger partial charge in [0, 0.05) is 11.5 Å². The van der Waals surface area contributed by atoms with Gasteiger partial charge in [0.2, 0.25) is 5.56 Å². The Morgan fingerprint density at radius 2 is 1.89 bits per heavy atom. The Balaban J connectivity index is 2.28. The number of aromatic amines is 1. The summed E-state index contributed by atoms with van der Waals surface area (Å²) < 4.78 is 0. The lowest BCUT2D eigenvalue weighted by molar-refractivity contribution is 1.21. The molecule has 4 heteroatoms. The Morgan fingerprint density at radius 3 is 2.72 bits per heavy atom. The molecule has 0 spiro atoms. The van der Waals surface area contributed by atoms with Crippen LogP contribution in [0.3, 0.4) is 0 Å².